The molecule has 1 aromatic heterocycles. The Hall–Kier alpha value is -0.940. The molecule has 0 fully saturated rings. The van der Waals surface area contributed by atoms with Crippen LogP contribution in [-0.2, 0) is 21.8 Å². The number of methoxy groups -OCH3 is 1. The number of aromatic nitrogens is 1. The second-order valence-corrected chi connectivity index (χ2v) is 3.82. The number of pyridine rings is 1. The third-order valence-corrected chi connectivity index (χ3v) is 2.62. The van der Waals surface area contributed by atoms with Gasteiger partial charge >= 0.3 is 5.97 Å². The second kappa shape index (κ2) is 6.12. The highest BCUT2D eigenvalue weighted by molar-refractivity contribution is 6.31. The van der Waals surface area contributed by atoms with Crippen LogP contribution in [0, 0.1) is 0 Å². The van der Waals surface area contributed by atoms with E-state index in [-0.39, 0.29) is 23.0 Å². The fourth-order valence-corrected chi connectivity index (χ4v) is 1.72. The van der Waals surface area contributed by atoms with Crippen molar-refractivity contribution in [2.45, 2.75) is 18.7 Å². The molecule has 0 atom stereocenters. The molecule has 7 heteroatoms. The summed E-state index contributed by atoms with van der Waals surface area (Å²) in [5, 5.41) is -0.187. The lowest BCUT2D eigenvalue weighted by Gasteiger charge is -2.09. The summed E-state index contributed by atoms with van der Waals surface area (Å²) >= 11 is 11.2. The van der Waals surface area contributed by atoms with E-state index in [9.17, 15) is 13.6 Å². The van der Waals surface area contributed by atoms with E-state index in [0.717, 1.165) is 0 Å². The van der Waals surface area contributed by atoms with Gasteiger partial charge < -0.3 is 4.74 Å². The number of rotatable bonds is 4. The summed E-state index contributed by atoms with van der Waals surface area (Å²) in [6.07, 6.45) is -2.88. The number of nitrogens with zero attached hydrogens (tertiary/aromatic N) is 1. The first-order valence-electron chi connectivity index (χ1n) is 4.58. The van der Waals surface area contributed by atoms with Gasteiger partial charge in [0.1, 0.15) is 5.69 Å². The van der Waals surface area contributed by atoms with Crippen molar-refractivity contribution in [2.75, 3.05) is 7.11 Å². The van der Waals surface area contributed by atoms with Gasteiger partial charge in [0.25, 0.3) is 6.43 Å². The van der Waals surface area contributed by atoms with Crippen LogP contribution >= 0.6 is 23.2 Å². The lowest BCUT2D eigenvalue weighted by atomic mass is 10.1. The molecule has 0 bridgehead atoms. The SMILES string of the molecule is COC(=O)Cc1cc(Cl)c(C(F)F)nc1CCl. The summed E-state index contributed by atoms with van der Waals surface area (Å²) in [6.45, 7) is 0. The van der Waals surface area contributed by atoms with Crippen molar-refractivity contribution in [3.8, 4) is 0 Å². The van der Waals surface area contributed by atoms with Gasteiger partial charge in [-0.25, -0.2) is 13.8 Å². The van der Waals surface area contributed by atoms with E-state index in [2.05, 4.69) is 9.72 Å². The predicted molar refractivity (Wildman–Crippen MR) is 59.5 cm³/mol. The van der Waals surface area contributed by atoms with Crippen LogP contribution in [0.5, 0.6) is 0 Å². The number of ether oxygens (including phenoxy) is 1. The Bertz CT molecular complexity index is 427. The minimum Gasteiger partial charge on any atom is -0.469 e. The topological polar surface area (TPSA) is 39.2 Å². The largest absolute Gasteiger partial charge is 0.469 e. The first-order chi connectivity index (χ1) is 7.99. The average molecular weight is 284 g/mol. The van der Waals surface area contributed by atoms with Gasteiger partial charge in [0.05, 0.1) is 30.1 Å². The monoisotopic (exact) mass is 283 g/mol. The molecule has 0 aromatic carbocycles. The standard InChI is InChI=1S/C10H9Cl2F2NO2/c1-17-8(16)3-5-2-6(12)9(10(13)14)15-7(5)4-11/h2,10H,3-4H2,1H3. The summed E-state index contributed by atoms with van der Waals surface area (Å²) in [4.78, 5) is 14.8. The van der Waals surface area contributed by atoms with Crippen LogP contribution in [0.2, 0.25) is 5.02 Å². The van der Waals surface area contributed by atoms with Crippen molar-refractivity contribution in [3.63, 3.8) is 0 Å². The van der Waals surface area contributed by atoms with Gasteiger partial charge in [-0.2, -0.15) is 0 Å². The zero-order valence-electron chi connectivity index (χ0n) is 8.84. The maximum atomic E-state index is 12.5. The molecular formula is C10H9Cl2F2NO2. The van der Waals surface area contributed by atoms with Crippen LogP contribution in [0.25, 0.3) is 0 Å². The molecular weight excluding hydrogens is 275 g/mol. The van der Waals surface area contributed by atoms with Crippen LogP contribution in [0.3, 0.4) is 0 Å². The van der Waals surface area contributed by atoms with Gasteiger partial charge in [-0.05, 0) is 11.6 Å². The quantitative estimate of drug-likeness (QED) is 0.630. The van der Waals surface area contributed by atoms with Crippen LogP contribution in [0.15, 0.2) is 6.07 Å². The van der Waals surface area contributed by atoms with Crippen molar-refractivity contribution >= 4 is 29.2 Å². The van der Waals surface area contributed by atoms with Crippen molar-refractivity contribution in [1.82, 2.24) is 4.98 Å². The smallest absolute Gasteiger partial charge is 0.310 e. The third kappa shape index (κ3) is 3.51. The van der Waals surface area contributed by atoms with E-state index in [0.29, 0.717) is 5.56 Å². The molecule has 17 heavy (non-hydrogen) atoms. The molecule has 3 nitrogen and oxygen atoms in total. The highest BCUT2D eigenvalue weighted by atomic mass is 35.5. The summed E-state index contributed by atoms with van der Waals surface area (Å²) < 4.78 is 29.5. The van der Waals surface area contributed by atoms with Gasteiger partial charge in [0.2, 0.25) is 0 Å². The Morgan fingerprint density at radius 1 is 1.59 bits per heavy atom. The number of esters is 1. The molecule has 1 heterocycles. The van der Waals surface area contributed by atoms with Crippen LogP contribution < -0.4 is 0 Å². The number of hydrogen-bond donors (Lipinski definition) is 0. The van der Waals surface area contributed by atoms with Crippen molar-refractivity contribution in [2.24, 2.45) is 0 Å². The fraction of sp³-hybridized carbons (Fsp3) is 0.400. The number of hydrogen-bond acceptors (Lipinski definition) is 3. The Morgan fingerprint density at radius 3 is 2.71 bits per heavy atom. The molecule has 0 saturated carbocycles. The van der Waals surface area contributed by atoms with Gasteiger partial charge in [0.15, 0.2) is 0 Å². The third-order valence-electron chi connectivity index (χ3n) is 2.07. The lowest BCUT2D eigenvalue weighted by molar-refractivity contribution is -0.139. The van der Waals surface area contributed by atoms with Crippen LogP contribution in [0.1, 0.15) is 23.4 Å². The highest BCUT2D eigenvalue weighted by Gasteiger charge is 2.18. The molecule has 0 aliphatic rings. The molecule has 0 aliphatic carbocycles. The first kappa shape index (κ1) is 14.1. The normalized spacial score (nSPS) is 10.7. The zero-order chi connectivity index (χ0) is 13.0. The van der Waals surface area contributed by atoms with Crippen molar-refractivity contribution < 1.29 is 18.3 Å². The molecule has 94 valence electrons. The summed E-state index contributed by atoms with van der Waals surface area (Å²) in [7, 11) is 1.23. The number of carbonyl (C=O) groups is 1. The maximum absolute atomic E-state index is 12.5. The van der Waals surface area contributed by atoms with E-state index in [1.807, 2.05) is 0 Å². The van der Waals surface area contributed by atoms with E-state index in [4.69, 9.17) is 23.2 Å². The second-order valence-electron chi connectivity index (χ2n) is 3.15. The predicted octanol–water partition coefficient (Wildman–Crippen LogP) is 3.13. The van der Waals surface area contributed by atoms with Crippen molar-refractivity contribution in [1.29, 1.82) is 0 Å². The molecule has 0 spiro atoms. The first-order valence-corrected chi connectivity index (χ1v) is 5.50. The molecule has 0 radical (unpaired) electrons. The van der Waals surface area contributed by atoms with E-state index >= 15 is 0 Å². The summed E-state index contributed by atoms with van der Waals surface area (Å²) in [5.41, 5.74) is 0.0638. The van der Waals surface area contributed by atoms with Crippen LogP contribution in [0.4, 0.5) is 8.78 Å². The Kier molecular flexibility index (Phi) is 5.08. The average Bonchev–Trinajstić information content (AvgIpc) is 2.28. The fourth-order valence-electron chi connectivity index (χ4n) is 1.23. The molecule has 0 saturated heterocycles. The Balaban J connectivity index is 3.14. The zero-order valence-corrected chi connectivity index (χ0v) is 10.4. The molecule has 1 aromatic rings. The Labute approximate surface area is 107 Å². The highest BCUT2D eigenvalue weighted by Crippen LogP contribution is 2.28. The van der Waals surface area contributed by atoms with Crippen LogP contribution in [-0.4, -0.2) is 18.1 Å². The summed E-state index contributed by atoms with van der Waals surface area (Å²) in [6, 6.07) is 1.27. The number of halogens is 4. The maximum Gasteiger partial charge on any atom is 0.310 e. The van der Waals surface area contributed by atoms with Crippen molar-refractivity contribution in [3.05, 3.63) is 28.0 Å². The Morgan fingerprint density at radius 2 is 2.24 bits per heavy atom. The lowest BCUT2D eigenvalue weighted by Crippen LogP contribution is -2.09. The van der Waals surface area contributed by atoms with Gasteiger partial charge in [-0.3, -0.25) is 4.79 Å². The number of alkyl halides is 3. The minimum absolute atomic E-state index is 0.0801. The number of carbonyl (C=O) groups excluding carboxylic acids is 1. The minimum atomic E-state index is -2.78. The molecule has 0 aliphatic heterocycles. The van der Waals surface area contributed by atoms with Gasteiger partial charge in [0, 0.05) is 0 Å². The molecule has 0 amide bonds. The molecule has 1 rings (SSSR count). The van der Waals surface area contributed by atoms with E-state index < -0.39 is 18.1 Å². The summed E-state index contributed by atoms with van der Waals surface area (Å²) in [5.74, 6) is -0.595. The van der Waals surface area contributed by atoms with Gasteiger partial charge in [-0.15, -0.1) is 11.6 Å². The van der Waals surface area contributed by atoms with E-state index in [1.54, 1.807) is 0 Å². The molecule has 0 unspecified atom stereocenters. The van der Waals surface area contributed by atoms with E-state index in [1.165, 1.54) is 13.2 Å². The molecule has 0 N–H and O–H groups in total. The van der Waals surface area contributed by atoms with Gasteiger partial charge in [-0.1, -0.05) is 11.6 Å².